The Morgan fingerprint density at radius 2 is 1.81 bits per heavy atom. The highest BCUT2D eigenvalue weighted by atomic mass is 35.5. The third-order valence-electron chi connectivity index (χ3n) is 4.95. The van der Waals surface area contributed by atoms with Crippen molar-refractivity contribution in [2.75, 3.05) is 0 Å². The van der Waals surface area contributed by atoms with E-state index in [1.54, 1.807) is 18.2 Å². The van der Waals surface area contributed by atoms with Crippen LogP contribution in [0.3, 0.4) is 0 Å². The summed E-state index contributed by atoms with van der Waals surface area (Å²) in [5.41, 5.74) is 3.52. The smallest absolute Gasteiger partial charge is 0.270 e. The number of ether oxygens (including phenoxy) is 1. The molecule has 0 bridgehead atoms. The quantitative estimate of drug-likeness (QED) is 0.227. The van der Waals surface area contributed by atoms with E-state index in [9.17, 15) is 19.7 Å². The molecule has 3 aromatic rings. The van der Waals surface area contributed by atoms with Crippen molar-refractivity contribution in [3.8, 4) is 5.75 Å². The number of non-ortho nitro benzene ring substituents is 1. The fourth-order valence-electron chi connectivity index (χ4n) is 3.13. The molecule has 2 atom stereocenters. The number of carbonyl (C=O) groups is 2. The van der Waals surface area contributed by atoms with Gasteiger partial charge in [0, 0.05) is 29.1 Å². The first-order chi connectivity index (χ1) is 17.2. The molecule has 0 spiro atoms. The van der Waals surface area contributed by atoms with Gasteiger partial charge in [-0.25, -0.2) is 5.43 Å². The summed E-state index contributed by atoms with van der Waals surface area (Å²) in [6.07, 6.45) is 0.503. The van der Waals surface area contributed by atoms with Crippen molar-refractivity contribution >= 4 is 46.9 Å². The fraction of sp³-hybridized carbons (Fsp3) is 0.160. The number of hydrogen-bond acceptors (Lipinski definition) is 6. The molecule has 0 saturated heterocycles. The summed E-state index contributed by atoms with van der Waals surface area (Å²) in [4.78, 5) is 36.1. The van der Waals surface area contributed by atoms with Gasteiger partial charge in [-0.3, -0.25) is 19.7 Å². The van der Waals surface area contributed by atoms with Crippen molar-refractivity contribution in [2.24, 2.45) is 5.10 Å². The second-order valence-corrected chi connectivity index (χ2v) is 8.52. The van der Waals surface area contributed by atoms with E-state index in [0.717, 1.165) is 5.56 Å². The molecule has 186 valence electrons. The Labute approximate surface area is 217 Å². The van der Waals surface area contributed by atoms with Crippen molar-refractivity contribution in [1.29, 1.82) is 0 Å². The van der Waals surface area contributed by atoms with E-state index in [4.69, 9.17) is 27.9 Å². The van der Waals surface area contributed by atoms with Crippen LogP contribution in [0.1, 0.15) is 18.1 Å². The van der Waals surface area contributed by atoms with Crippen molar-refractivity contribution in [3.05, 3.63) is 104 Å². The number of nitro groups is 1. The maximum atomic E-state index is 12.9. The van der Waals surface area contributed by atoms with E-state index in [2.05, 4.69) is 15.8 Å². The lowest BCUT2D eigenvalue weighted by Gasteiger charge is -2.21. The third-order valence-corrected chi connectivity index (χ3v) is 5.48. The number of nitrogens with one attached hydrogen (secondary N) is 2. The second kappa shape index (κ2) is 12.7. The van der Waals surface area contributed by atoms with Crippen LogP contribution in [0, 0.1) is 10.1 Å². The number of halogens is 2. The summed E-state index contributed by atoms with van der Waals surface area (Å²) in [7, 11) is 0. The normalized spacial score (nSPS) is 12.5. The van der Waals surface area contributed by atoms with Crippen LogP contribution in [0.4, 0.5) is 5.69 Å². The van der Waals surface area contributed by atoms with Gasteiger partial charge in [0.1, 0.15) is 11.8 Å². The average molecular weight is 529 g/mol. The third kappa shape index (κ3) is 7.79. The molecule has 3 aromatic carbocycles. The van der Waals surface area contributed by atoms with Gasteiger partial charge in [0.25, 0.3) is 17.5 Å². The van der Waals surface area contributed by atoms with Gasteiger partial charge in [-0.2, -0.15) is 5.10 Å². The van der Waals surface area contributed by atoms with E-state index in [1.165, 1.54) is 37.4 Å². The molecule has 0 fully saturated rings. The maximum absolute atomic E-state index is 12.9. The average Bonchev–Trinajstić information content (AvgIpc) is 2.86. The molecule has 0 aliphatic rings. The zero-order chi connectivity index (χ0) is 26.1. The molecule has 0 unspecified atom stereocenters. The number of hydrazone groups is 1. The van der Waals surface area contributed by atoms with Crippen LogP contribution < -0.4 is 15.5 Å². The first-order valence-corrected chi connectivity index (χ1v) is 11.5. The highest BCUT2D eigenvalue weighted by Gasteiger charge is 2.25. The number of rotatable bonds is 10. The molecular weight excluding hydrogens is 507 g/mol. The molecule has 0 aliphatic carbocycles. The number of amides is 2. The molecule has 36 heavy (non-hydrogen) atoms. The number of carbonyl (C=O) groups excluding carboxylic acids is 2. The van der Waals surface area contributed by atoms with Crippen LogP contribution >= 0.6 is 23.2 Å². The maximum Gasteiger partial charge on any atom is 0.270 e. The summed E-state index contributed by atoms with van der Waals surface area (Å²) < 4.78 is 5.64. The van der Waals surface area contributed by atoms with E-state index >= 15 is 0 Å². The summed E-state index contributed by atoms with van der Waals surface area (Å²) >= 11 is 12.0. The largest absolute Gasteiger partial charge is 0.479 e. The first kappa shape index (κ1) is 26.7. The van der Waals surface area contributed by atoms with Crippen LogP contribution in [0.15, 0.2) is 77.9 Å². The van der Waals surface area contributed by atoms with Gasteiger partial charge in [-0.05, 0) is 30.7 Å². The molecule has 3 rings (SSSR count). The Balaban J connectivity index is 1.69. The van der Waals surface area contributed by atoms with Gasteiger partial charge in [-0.15, -0.1) is 0 Å². The molecule has 0 heterocycles. The monoisotopic (exact) mass is 528 g/mol. The highest BCUT2D eigenvalue weighted by Crippen LogP contribution is 2.28. The Morgan fingerprint density at radius 3 is 2.50 bits per heavy atom. The Morgan fingerprint density at radius 1 is 1.06 bits per heavy atom. The van der Waals surface area contributed by atoms with Crippen LogP contribution in [0.2, 0.25) is 10.0 Å². The molecule has 0 aliphatic heterocycles. The predicted molar refractivity (Wildman–Crippen MR) is 137 cm³/mol. The topological polar surface area (TPSA) is 123 Å². The summed E-state index contributed by atoms with van der Waals surface area (Å²) in [6.45, 7) is 1.53. The Bertz CT molecular complexity index is 1270. The van der Waals surface area contributed by atoms with Crippen LogP contribution in [-0.4, -0.2) is 35.1 Å². The number of nitrogens with zero attached hydrogens (tertiary/aromatic N) is 2. The molecule has 2 N–H and O–H groups in total. The van der Waals surface area contributed by atoms with Gasteiger partial charge < -0.3 is 10.1 Å². The van der Waals surface area contributed by atoms with Gasteiger partial charge in [-0.1, -0.05) is 65.7 Å². The van der Waals surface area contributed by atoms with Crippen molar-refractivity contribution < 1.29 is 19.2 Å². The zero-order valence-electron chi connectivity index (χ0n) is 19.1. The van der Waals surface area contributed by atoms with Crippen LogP contribution in [0.25, 0.3) is 0 Å². The fourth-order valence-corrected chi connectivity index (χ4v) is 3.58. The molecule has 2 amide bonds. The highest BCUT2D eigenvalue weighted by molar-refractivity contribution is 6.35. The van der Waals surface area contributed by atoms with Crippen LogP contribution in [0.5, 0.6) is 5.75 Å². The summed E-state index contributed by atoms with van der Waals surface area (Å²) in [6, 6.07) is 18.6. The van der Waals surface area contributed by atoms with Gasteiger partial charge >= 0.3 is 0 Å². The standard InChI is InChI=1S/C25H22Cl2N4O5/c1-16(36-23-11-10-19(26)14-21(23)27)24(32)29-22(13-17-6-3-2-4-7-17)25(33)30-28-15-18-8-5-9-20(12-18)31(34)35/h2-12,14-16,22H,13H2,1H3,(H,29,32)(H,30,33)/b28-15-/t16-,22+/m1/s1. The van der Waals surface area contributed by atoms with Gasteiger partial charge in [0.05, 0.1) is 16.2 Å². The Hall–Kier alpha value is -3.95. The first-order valence-electron chi connectivity index (χ1n) is 10.8. The van der Waals surface area contributed by atoms with Gasteiger partial charge in [0.2, 0.25) is 0 Å². The molecule has 9 nitrogen and oxygen atoms in total. The van der Waals surface area contributed by atoms with Crippen molar-refractivity contribution in [3.63, 3.8) is 0 Å². The van der Waals surface area contributed by atoms with E-state index in [-0.39, 0.29) is 22.9 Å². The minimum Gasteiger partial charge on any atom is -0.479 e. The van der Waals surface area contributed by atoms with E-state index in [1.807, 2.05) is 30.3 Å². The van der Waals surface area contributed by atoms with E-state index in [0.29, 0.717) is 10.6 Å². The van der Waals surface area contributed by atoms with Gasteiger partial charge in [0.15, 0.2) is 6.10 Å². The molecule has 0 aromatic heterocycles. The van der Waals surface area contributed by atoms with E-state index < -0.39 is 28.9 Å². The van der Waals surface area contributed by atoms with Crippen LogP contribution in [-0.2, 0) is 16.0 Å². The number of hydrogen-bond donors (Lipinski definition) is 2. The minimum absolute atomic E-state index is 0.103. The lowest BCUT2D eigenvalue weighted by atomic mass is 10.1. The SMILES string of the molecule is C[C@@H](Oc1ccc(Cl)cc1Cl)C(=O)N[C@@H](Cc1ccccc1)C(=O)N/N=C\c1cccc([N+](=O)[O-])c1. The minimum atomic E-state index is -0.978. The second-order valence-electron chi connectivity index (χ2n) is 7.67. The number of benzene rings is 3. The molecular formula is C25H22Cl2N4O5. The molecule has 11 heteroatoms. The lowest BCUT2D eigenvalue weighted by Crippen LogP contribution is -2.50. The number of nitro benzene ring substituents is 1. The summed E-state index contributed by atoms with van der Waals surface area (Å²) in [5.74, 6) is -0.847. The molecule has 0 radical (unpaired) electrons. The summed E-state index contributed by atoms with van der Waals surface area (Å²) in [5, 5.41) is 18.2. The van der Waals surface area contributed by atoms with Crippen molar-refractivity contribution in [2.45, 2.75) is 25.5 Å². The Kier molecular flexibility index (Phi) is 9.38. The zero-order valence-corrected chi connectivity index (χ0v) is 20.6. The van der Waals surface area contributed by atoms with Crippen molar-refractivity contribution in [1.82, 2.24) is 10.7 Å². The predicted octanol–water partition coefficient (Wildman–Crippen LogP) is 4.55. The lowest BCUT2D eigenvalue weighted by molar-refractivity contribution is -0.384. The molecule has 0 saturated carbocycles.